The molecule has 0 aromatic rings. The van der Waals surface area contributed by atoms with E-state index >= 15 is 0 Å². The highest BCUT2D eigenvalue weighted by molar-refractivity contribution is 5.91. The molecule has 0 saturated heterocycles. The monoisotopic (exact) mass is 270 g/mol. The molecule has 4 aliphatic carbocycles. The molecule has 4 aliphatic rings. The van der Waals surface area contributed by atoms with Crippen LogP contribution >= 0.6 is 0 Å². The third kappa shape index (κ3) is 1.64. The molecule has 0 aromatic carbocycles. The normalized spacial score (nSPS) is 47.0. The molecule has 2 saturated carbocycles. The second-order valence-electron chi connectivity index (χ2n) is 7.88. The molecule has 0 spiro atoms. The summed E-state index contributed by atoms with van der Waals surface area (Å²) in [6.45, 7) is 4.87. The van der Waals surface area contributed by atoms with Crippen molar-refractivity contribution in [2.24, 2.45) is 29.1 Å². The summed E-state index contributed by atoms with van der Waals surface area (Å²) in [4.78, 5) is 11.7. The fourth-order valence-corrected chi connectivity index (χ4v) is 5.96. The lowest BCUT2D eigenvalue weighted by molar-refractivity contribution is -0.116. The van der Waals surface area contributed by atoms with E-state index in [1.807, 2.05) is 6.08 Å². The van der Waals surface area contributed by atoms with Crippen molar-refractivity contribution < 1.29 is 4.79 Å². The maximum absolute atomic E-state index is 11.7. The molecule has 0 aromatic heterocycles. The fraction of sp³-hybridized carbons (Fsp3) is 0.737. The van der Waals surface area contributed by atoms with Gasteiger partial charge in [0.1, 0.15) is 0 Å². The minimum absolute atomic E-state index is 0.383. The van der Waals surface area contributed by atoms with Gasteiger partial charge in [0.25, 0.3) is 0 Å². The largest absolute Gasteiger partial charge is 0.295 e. The lowest BCUT2D eigenvalue weighted by atomic mass is 9.51. The molecule has 0 N–H and O–H groups in total. The third-order valence-electron chi connectivity index (χ3n) is 7.27. The molecular weight excluding hydrogens is 244 g/mol. The summed E-state index contributed by atoms with van der Waals surface area (Å²) in [5, 5.41) is 0. The van der Waals surface area contributed by atoms with Gasteiger partial charge in [0.05, 0.1) is 0 Å². The minimum atomic E-state index is 0.383. The van der Waals surface area contributed by atoms with E-state index in [1.54, 1.807) is 5.57 Å². The lowest BCUT2D eigenvalue weighted by Crippen LogP contribution is -2.45. The van der Waals surface area contributed by atoms with Gasteiger partial charge in [-0.2, -0.15) is 0 Å². The molecular formula is C19H26O. The van der Waals surface area contributed by atoms with Gasteiger partial charge in [0, 0.05) is 6.42 Å². The number of allylic oxidation sites excluding steroid dienone is 4. The van der Waals surface area contributed by atoms with Crippen LogP contribution in [-0.4, -0.2) is 5.78 Å². The summed E-state index contributed by atoms with van der Waals surface area (Å²) in [6, 6.07) is 0. The van der Waals surface area contributed by atoms with Crippen LogP contribution in [0.2, 0.25) is 0 Å². The number of fused-ring (bicyclic) bond motifs is 5. The van der Waals surface area contributed by atoms with Gasteiger partial charge in [0.15, 0.2) is 5.78 Å². The van der Waals surface area contributed by atoms with Crippen LogP contribution in [0, 0.1) is 29.1 Å². The lowest BCUT2D eigenvalue weighted by Gasteiger charge is -2.53. The summed E-state index contributed by atoms with van der Waals surface area (Å²) in [7, 11) is 0. The van der Waals surface area contributed by atoms with Crippen LogP contribution < -0.4 is 0 Å². The molecule has 1 heteroatoms. The second kappa shape index (κ2) is 4.32. The predicted octanol–water partition coefficient (Wildman–Crippen LogP) is 4.68. The van der Waals surface area contributed by atoms with Gasteiger partial charge in [0.2, 0.25) is 0 Å². The Morgan fingerprint density at radius 3 is 2.85 bits per heavy atom. The molecule has 1 nitrogen and oxygen atoms in total. The number of carbonyl (C=O) groups is 1. The van der Waals surface area contributed by atoms with E-state index in [0.29, 0.717) is 11.2 Å². The molecule has 0 heterocycles. The van der Waals surface area contributed by atoms with Crippen LogP contribution in [0.4, 0.5) is 0 Å². The first-order valence-electron chi connectivity index (χ1n) is 8.50. The number of ketones is 1. The molecule has 108 valence electrons. The van der Waals surface area contributed by atoms with Crippen LogP contribution in [-0.2, 0) is 4.79 Å². The SMILES string of the molecule is CC1=CCC2C3CCC4=CC(=O)CCC4C3CC[C@]12C. The summed E-state index contributed by atoms with van der Waals surface area (Å²) < 4.78 is 0. The molecule has 0 radical (unpaired) electrons. The highest BCUT2D eigenvalue weighted by Crippen LogP contribution is 2.61. The summed E-state index contributed by atoms with van der Waals surface area (Å²) in [6.07, 6.45) is 13.1. The van der Waals surface area contributed by atoms with Crippen LogP contribution in [0.25, 0.3) is 0 Å². The van der Waals surface area contributed by atoms with Gasteiger partial charge >= 0.3 is 0 Å². The van der Waals surface area contributed by atoms with Crippen LogP contribution in [0.15, 0.2) is 23.3 Å². The Bertz CT molecular complexity index is 512. The van der Waals surface area contributed by atoms with E-state index in [-0.39, 0.29) is 0 Å². The molecule has 20 heavy (non-hydrogen) atoms. The fourth-order valence-electron chi connectivity index (χ4n) is 5.96. The number of hydrogen-bond acceptors (Lipinski definition) is 1. The number of hydrogen-bond donors (Lipinski definition) is 0. The Labute approximate surface area is 122 Å². The van der Waals surface area contributed by atoms with E-state index in [1.165, 1.54) is 37.7 Å². The Morgan fingerprint density at radius 2 is 2.00 bits per heavy atom. The highest BCUT2D eigenvalue weighted by atomic mass is 16.1. The topological polar surface area (TPSA) is 17.1 Å². The average molecular weight is 270 g/mol. The van der Waals surface area contributed by atoms with Gasteiger partial charge in [-0.15, -0.1) is 0 Å². The first-order valence-corrected chi connectivity index (χ1v) is 8.50. The molecule has 4 rings (SSSR count). The van der Waals surface area contributed by atoms with Crippen molar-refractivity contribution in [1.82, 2.24) is 0 Å². The first-order chi connectivity index (χ1) is 9.59. The van der Waals surface area contributed by atoms with E-state index < -0.39 is 0 Å². The van der Waals surface area contributed by atoms with Gasteiger partial charge < -0.3 is 0 Å². The average Bonchev–Trinajstić information content (AvgIpc) is 2.74. The standard InChI is InChI=1S/C19H26O/c1-12-3-8-18-17-6-4-13-11-14(20)5-7-15(13)16(17)9-10-19(12,18)2/h3,11,15-18H,4-10H2,1-2H3/t15?,16?,17?,18?,19-/m1/s1. The zero-order chi connectivity index (χ0) is 13.9. The number of rotatable bonds is 0. The van der Waals surface area contributed by atoms with Crippen molar-refractivity contribution in [3.05, 3.63) is 23.3 Å². The molecule has 4 unspecified atom stereocenters. The van der Waals surface area contributed by atoms with Crippen LogP contribution in [0.1, 0.15) is 58.8 Å². The van der Waals surface area contributed by atoms with E-state index in [2.05, 4.69) is 19.9 Å². The first kappa shape index (κ1) is 12.9. The van der Waals surface area contributed by atoms with E-state index in [4.69, 9.17) is 0 Å². The third-order valence-corrected chi connectivity index (χ3v) is 7.27. The molecule has 2 fully saturated rings. The minimum Gasteiger partial charge on any atom is -0.295 e. The van der Waals surface area contributed by atoms with Crippen molar-refractivity contribution in [3.8, 4) is 0 Å². The van der Waals surface area contributed by atoms with Crippen molar-refractivity contribution in [3.63, 3.8) is 0 Å². The van der Waals surface area contributed by atoms with Gasteiger partial charge in [-0.3, -0.25) is 4.79 Å². The van der Waals surface area contributed by atoms with Gasteiger partial charge in [-0.25, -0.2) is 0 Å². The molecule has 0 aliphatic heterocycles. The zero-order valence-corrected chi connectivity index (χ0v) is 12.8. The van der Waals surface area contributed by atoms with Gasteiger partial charge in [-0.1, -0.05) is 24.1 Å². The zero-order valence-electron chi connectivity index (χ0n) is 12.8. The maximum Gasteiger partial charge on any atom is 0.155 e. The van der Waals surface area contributed by atoms with Crippen LogP contribution in [0.5, 0.6) is 0 Å². The molecule has 0 bridgehead atoms. The Hall–Kier alpha value is -0.850. The molecule has 5 atom stereocenters. The smallest absolute Gasteiger partial charge is 0.155 e. The van der Waals surface area contributed by atoms with Gasteiger partial charge in [-0.05, 0) is 80.6 Å². The quantitative estimate of drug-likeness (QED) is 0.584. The number of carbonyl (C=O) groups excluding carboxylic acids is 1. The Kier molecular flexibility index (Phi) is 2.78. The second-order valence-corrected chi connectivity index (χ2v) is 7.88. The summed E-state index contributed by atoms with van der Waals surface area (Å²) in [5.74, 6) is 3.81. The molecule has 0 amide bonds. The van der Waals surface area contributed by atoms with Crippen molar-refractivity contribution >= 4 is 5.78 Å². The van der Waals surface area contributed by atoms with E-state index in [9.17, 15) is 4.79 Å². The Morgan fingerprint density at radius 1 is 1.15 bits per heavy atom. The van der Waals surface area contributed by atoms with Crippen LogP contribution in [0.3, 0.4) is 0 Å². The van der Waals surface area contributed by atoms with Crippen molar-refractivity contribution in [2.45, 2.75) is 58.8 Å². The Balaban J connectivity index is 1.64. The van der Waals surface area contributed by atoms with E-state index in [0.717, 1.165) is 36.5 Å². The highest BCUT2D eigenvalue weighted by Gasteiger charge is 2.52. The maximum atomic E-state index is 11.7. The predicted molar refractivity (Wildman–Crippen MR) is 81.2 cm³/mol. The summed E-state index contributed by atoms with van der Waals surface area (Å²) >= 11 is 0. The van der Waals surface area contributed by atoms with Crippen molar-refractivity contribution in [1.29, 1.82) is 0 Å². The summed E-state index contributed by atoms with van der Waals surface area (Å²) in [5.41, 5.74) is 3.65. The van der Waals surface area contributed by atoms with Crippen molar-refractivity contribution in [2.75, 3.05) is 0 Å².